The molecule has 0 aliphatic rings. The Balaban J connectivity index is 2.45. The lowest BCUT2D eigenvalue weighted by molar-refractivity contribution is 0.385. The Morgan fingerprint density at radius 3 is 2.15 bits per heavy atom. The smallest absolute Gasteiger partial charge is 0.199 e. The van der Waals surface area contributed by atoms with Gasteiger partial charge in [-0.2, -0.15) is 0 Å². The van der Waals surface area contributed by atoms with Gasteiger partial charge in [-0.15, -0.1) is 0 Å². The van der Waals surface area contributed by atoms with Crippen LogP contribution in [0.25, 0.3) is 0 Å². The van der Waals surface area contributed by atoms with Crippen molar-refractivity contribution in [3.63, 3.8) is 0 Å². The van der Waals surface area contributed by atoms with Gasteiger partial charge in [-0.1, -0.05) is 0 Å². The van der Waals surface area contributed by atoms with E-state index in [4.69, 9.17) is 0 Å². The van der Waals surface area contributed by atoms with Crippen molar-refractivity contribution in [2.24, 2.45) is 0 Å². The summed E-state index contributed by atoms with van der Waals surface area (Å²) in [5.41, 5.74) is -0.748. The molecule has 0 N–H and O–H groups in total. The minimum absolute atomic E-state index is 0.257. The van der Waals surface area contributed by atoms with Gasteiger partial charge in [0.25, 0.3) is 0 Å². The van der Waals surface area contributed by atoms with Crippen molar-refractivity contribution in [3.8, 4) is 5.75 Å². The monoisotopic (exact) mass is 285 g/mol. The average Bonchev–Trinajstić information content (AvgIpc) is 2.38. The highest BCUT2D eigenvalue weighted by Gasteiger charge is 2.17. The third-order valence-electron chi connectivity index (χ3n) is 2.60. The van der Waals surface area contributed by atoms with E-state index >= 15 is 0 Å². The predicted octanol–water partition coefficient (Wildman–Crippen LogP) is 2.05. The topological polar surface area (TPSA) is 9.23 Å². The lowest BCUT2D eigenvalue weighted by atomic mass is 9.63. The molecule has 0 amide bonds. The van der Waals surface area contributed by atoms with E-state index in [1.807, 2.05) is 0 Å². The molecule has 0 heterocycles. The van der Waals surface area contributed by atoms with Crippen LogP contribution in [0.15, 0.2) is 24.3 Å². The van der Waals surface area contributed by atoms with Gasteiger partial charge in [-0.25, -0.2) is 22.0 Å². The zero-order valence-electron chi connectivity index (χ0n) is 10.2. The SMILES string of the molecule is COc1cc([B]c2cc(F)cc(F)c2F)c(F)cc1F. The van der Waals surface area contributed by atoms with Crippen LogP contribution in [0.5, 0.6) is 5.75 Å². The Morgan fingerprint density at radius 2 is 1.50 bits per heavy atom. The van der Waals surface area contributed by atoms with Gasteiger partial charge >= 0.3 is 0 Å². The molecule has 0 aromatic heterocycles. The molecule has 0 fully saturated rings. The molecule has 0 unspecified atom stereocenters. The van der Waals surface area contributed by atoms with Crippen LogP contribution in [0.2, 0.25) is 0 Å². The van der Waals surface area contributed by atoms with Crippen LogP contribution in [0.1, 0.15) is 0 Å². The van der Waals surface area contributed by atoms with Crippen LogP contribution >= 0.6 is 0 Å². The largest absolute Gasteiger partial charge is 0.494 e. The van der Waals surface area contributed by atoms with Crippen LogP contribution in [0, 0.1) is 29.1 Å². The summed E-state index contributed by atoms with van der Waals surface area (Å²) in [6.07, 6.45) is 0. The second kappa shape index (κ2) is 5.52. The van der Waals surface area contributed by atoms with Gasteiger partial charge in [0.15, 0.2) is 30.5 Å². The van der Waals surface area contributed by atoms with Crippen LogP contribution in [-0.2, 0) is 0 Å². The van der Waals surface area contributed by atoms with E-state index in [0.717, 1.165) is 13.3 Å². The summed E-state index contributed by atoms with van der Waals surface area (Å²) in [6.45, 7) is 0. The molecule has 0 bridgehead atoms. The number of halogens is 5. The second-order valence-corrected chi connectivity index (χ2v) is 3.94. The molecule has 7 heteroatoms. The fraction of sp³-hybridized carbons (Fsp3) is 0.0769. The maximum absolute atomic E-state index is 13.5. The Kier molecular flexibility index (Phi) is 3.97. The van der Waals surface area contributed by atoms with Crippen LogP contribution in [0.4, 0.5) is 22.0 Å². The maximum Gasteiger partial charge on any atom is 0.199 e. The fourth-order valence-electron chi connectivity index (χ4n) is 1.66. The molecule has 0 atom stereocenters. The Hall–Kier alpha value is -2.05. The zero-order valence-corrected chi connectivity index (χ0v) is 10.2. The first-order valence-corrected chi connectivity index (χ1v) is 5.44. The minimum Gasteiger partial charge on any atom is -0.494 e. The van der Waals surface area contributed by atoms with Gasteiger partial charge in [0.05, 0.1) is 7.11 Å². The van der Waals surface area contributed by atoms with E-state index < -0.39 is 34.5 Å². The van der Waals surface area contributed by atoms with E-state index in [-0.39, 0.29) is 11.2 Å². The van der Waals surface area contributed by atoms with Gasteiger partial charge in [-0.3, -0.25) is 0 Å². The van der Waals surface area contributed by atoms with Gasteiger partial charge in [-0.05, 0) is 23.1 Å². The molecule has 0 aliphatic heterocycles. The summed E-state index contributed by atoms with van der Waals surface area (Å²) in [4.78, 5) is 0. The zero-order chi connectivity index (χ0) is 14.9. The molecular weight excluding hydrogens is 278 g/mol. The molecule has 1 nitrogen and oxygen atoms in total. The first kappa shape index (κ1) is 14.4. The molecule has 20 heavy (non-hydrogen) atoms. The molecule has 2 rings (SSSR count). The number of benzene rings is 2. The van der Waals surface area contributed by atoms with Crippen LogP contribution in [0.3, 0.4) is 0 Å². The van der Waals surface area contributed by atoms with E-state index in [1.54, 1.807) is 0 Å². The highest BCUT2D eigenvalue weighted by molar-refractivity contribution is 6.67. The highest BCUT2D eigenvalue weighted by Crippen LogP contribution is 2.15. The molecule has 0 saturated heterocycles. The summed E-state index contributed by atoms with van der Waals surface area (Å²) < 4.78 is 70.9. The van der Waals surface area contributed by atoms with Gasteiger partial charge in [0, 0.05) is 12.1 Å². The molecule has 2 aromatic rings. The third kappa shape index (κ3) is 2.76. The Morgan fingerprint density at radius 1 is 0.800 bits per heavy atom. The quantitative estimate of drug-likeness (QED) is 0.476. The molecule has 0 saturated carbocycles. The van der Waals surface area contributed by atoms with E-state index in [2.05, 4.69) is 4.74 Å². The molecule has 1 radical (unpaired) electrons. The maximum atomic E-state index is 13.5. The summed E-state index contributed by atoms with van der Waals surface area (Å²) in [7, 11) is 2.03. The third-order valence-corrected chi connectivity index (χ3v) is 2.60. The first-order valence-electron chi connectivity index (χ1n) is 5.44. The number of rotatable bonds is 3. The van der Waals surface area contributed by atoms with Crippen molar-refractivity contribution < 1.29 is 26.7 Å². The van der Waals surface area contributed by atoms with Gasteiger partial charge in [0.2, 0.25) is 0 Å². The number of methoxy groups -OCH3 is 1. The number of ether oxygens (including phenoxy) is 1. The van der Waals surface area contributed by atoms with Crippen molar-refractivity contribution >= 4 is 18.2 Å². The highest BCUT2D eigenvalue weighted by atomic mass is 19.2. The summed E-state index contributed by atoms with van der Waals surface area (Å²) in [6, 6.07) is 2.58. The number of hydrogen-bond acceptors (Lipinski definition) is 1. The lowest BCUT2D eigenvalue weighted by Gasteiger charge is -2.08. The van der Waals surface area contributed by atoms with Crippen LogP contribution in [-0.4, -0.2) is 14.4 Å². The fourth-order valence-corrected chi connectivity index (χ4v) is 1.66. The van der Waals surface area contributed by atoms with E-state index in [0.29, 0.717) is 18.2 Å². The summed E-state index contributed by atoms with van der Waals surface area (Å²) in [5.74, 6) is -5.94. The normalized spacial score (nSPS) is 10.5. The van der Waals surface area contributed by atoms with Crippen molar-refractivity contribution in [1.29, 1.82) is 0 Å². The molecule has 0 spiro atoms. The van der Waals surface area contributed by atoms with Crippen molar-refractivity contribution in [2.45, 2.75) is 0 Å². The minimum atomic E-state index is -1.40. The first-order chi connectivity index (χ1) is 9.42. The van der Waals surface area contributed by atoms with E-state index in [1.165, 1.54) is 7.11 Å². The van der Waals surface area contributed by atoms with Crippen molar-refractivity contribution in [1.82, 2.24) is 0 Å². The average molecular weight is 285 g/mol. The van der Waals surface area contributed by atoms with Crippen molar-refractivity contribution in [3.05, 3.63) is 53.4 Å². The summed E-state index contributed by atoms with van der Waals surface area (Å²) >= 11 is 0. The van der Waals surface area contributed by atoms with Crippen molar-refractivity contribution in [2.75, 3.05) is 7.11 Å². The molecule has 0 aliphatic carbocycles. The Labute approximate surface area is 112 Å². The molecular formula is C13H7BF5O. The number of hydrogen-bond donors (Lipinski definition) is 0. The molecule has 2 aromatic carbocycles. The summed E-state index contributed by atoms with van der Waals surface area (Å²) in [5, 5.41) is 0. The van der Waals surface area contributed by atoms with Gasteiger partial charge < -0.3 is 4.74 Å². The predicted molar refractivity (Wildman–Crippen MR) is 64.2 cm³/mol. The standard InChI is InChI=1S/C13H7BF5O/c1-20-12-4-7(9(16)5-10(12)17)14-8-2-6(15)3-11(18)13(8)19/h2-5H,1H3. The Bertz CT molecular complexity index is 660. The second-order valence-electron chi connectivity index (χ2n) is 3.94. The van der Waals surface area contributed by atoms with Crippen LogP contribution < -0.4 is 15.7 Å². The molecule has 103 valence electrons. The van der Waals surface area contributed by atoms with E-state index in [9.17, 15) is 22.0 Å². The lowest BCUT2D eigenvalue weighted by Crippen LogP contribution is -2.33. The van der Waals surface area contributed by atoms with Gasteiger partial charge in [0.1, 0.15) is 11.6 Å².